The van der Waals surface area contributed by atoms with Crippen molar-refractivity contribution in [1.82, 2.24) is 5.32 Å². The van der Waals surface area contributed by atoms with Crippen LogP contribution < -0.4 is 5.32 Å². The molecule has 0 spiro atoms. The number of halogens is 3. The van der Waals surface area contributed by atoms with Gasteiger partial charge in [0.2, 0.25) is 0 Å². The molecule has 1 N–H and O–H groups in total. The number of nitrogens with one attached hydrogen (secondary N) is 1. The van der Waals surface area contributed by atoms with Gasteiger partial charge in [0, 0.05) is 25.6 Å². The average molecular weight is 239 g/mol. The summed E-state index contributed by atoms with van der Waals surface area (Å²) in [6.07, 6.45) is -2.24. The lowest BCUT2D eigenvalue weighted by Crippen LogP contribution is -2.26. The van der Waals surface area contributed by atoms with Gasteiger partial charge in [-0.15, -0.1) is 0 Å². The molecule has 0 radical (unpaired) electrons. The number of rotatable bonds is 8. The molecular formula is C11H20F3NO. The fraction of sp³-hybridized carbons (Fsp3) is 1.00. The highest BCUT2D eigenvalue weighted by Crippen LogP contribution is 2.21. The van der Waals surface area contributed by atoms with Crippen LogP contribution in [0.5, 0.6) is 0 Å². The van der Waals surface area contributed by atoms with Gasteiger partial charge in [-0.25, -0.2) is 0 Å². The molecule has 1 unspecified atom stereocenters. The zero-order valence-electron chi connectivity index (χ0n) is 9.65. The summed E-state index contributed by atoms with van der Waals surface area (Å²) in [5, 5.41) is 3.36. The third kappa shape index (κ3) is 7.93. The third-order valence-corrected chi connectivity index (χ3v) is 2.48. The van der Waals surface area contributed by atoms with E-state index in [9.17, 15) is 13.2 Å². The van der Waals surface area contributed by atoms with Crippen LogP contribution in [0.4, 0.5) is 13.2 Å². The number of ether oxygens (including phenoxy) is 1. The van der Waals surface area contributed by atoms with Gasteiger partial charge in [-0.05, 0) is 25.2 Å². The first kappa shape index (κ1) is 13.8. The zero-order chi connectivity index (χ0) is 12.0. The summed E-state index contributed by atoms with van der Waals surface area (Å²) in [7, 11) is 0. The third-order valence-electron chi connectivity index (χ3n) is 2.48. The summed E-state index contributed by atoms with van der Waals surface area (Å²) >= 11 is 0. The molecule has 0 aliphatic heterocycles. The first-order valence-electron chi connectivity index (χ1n) is 5.85. The van der Waals surface area contributed by atoms with Crippen LogP contribution in [-0.4, -0.2) is 32.0 Å². The molecule has 2 nitrogen and oxygen atoms in total. The molecule has 0 aromatic heterocycles. The number of hydrogen-bond acceptors (Lipinski definition) is 2. The molecule has 1 atom stereocenters. The smallest absolute Gasteiger partial charge is 0.381 e. The van der Waals surface area contributed by atoms with E-state index in [1.165, 1.54) is 12.8 Å². The second-order valence-electron chi connectivity index (χ2n) is 4.58. The normalized spacial score (nSPS) is 18.8. The molecular weight excluding hydrogens is 219 g/mol. The van der Waals surface area contributed by atoms with E-state index in [1.807, 2.05) is 6.92 Å². The van der Waals surface area contributed by atoms with Gasteiger partial charge >= 0.3 is 6.18 Å². The molecule has 1 aliphatic carbocycles. The Bertz CT molecular complexity index is 192. The Morgan fingerprint density at radius 2 is 2.06 bits per heavy atom. The van der Waals surface area contributed by atoms with Crippen molar-refractivity contribution in [3.63, 3.8) is 0 Å². The van der Waals surface area contributed by atoms with Crippen LogP contribution in [0, 0.1) is 5.92 Å². The molecule has 0 aromatic carbocycles. The van der Waals surface area contributed by atoms with Gasteiger partial charge in [0.1, 0.15) is 0 Å². The molecule has 16 heavy (non-hydrogen) atoms. The number of alkyl halides is 3. The van der Waals surface area contributed by atoms with Crippen LogP contribution in [0.1, 0.15) is 32.6 Å². The Balaban J connectivity index is 1.85. The van der Waals surface area contributed by atoms with Crippen LogP contribution in [0.3, 0.4) is 0 Å². The van der Waals surface area contributed by atoms with Crippen molar-refractivity contribution in [2.24, 2.45) is 5.92 Å². The Morgan fingerprint density at radius 1 is 1.38 bits per heavy atom. The molecule has 5 heteroatoms. The molecule has 1 rings (SSSR count). The Labute approximate surface area is 94.5 Å². The maximum absolute atomic E-state index is 11.8. The van der Waals surface area contributed by atoms with Crippen molar-refractivity contribution < 1.29 is 17.9 Å². The van der Waals surface area contributed by atoms with Crippen molar-refractivity contribution in [2.75, 3.05) is 19.8 Å². The van der Waals surface area contributed by atoms with E-state index >= 15 is 0 Å². The Kier molecular flexibility index (Phi) is 5.55. The molecule has 96 valence electrons. The highest BCUT2D eigenvalue weighted by molar-refractivity contribution is 4.81. The molecule has 0 amide bonds. The predicted octanol–water partition coefficient (Wildman–Crippen LogP) is 2.73. The quantitative estimate of drug-likeness (QED) is 0.658. The highest BCUT2D eigenvalue weighted by Gasteiger charge is 2.26. The van der Waals surface area contributed by atoms with Gasteiger partial charge in [0.05, 0.1) is 6.61 Å². The van der Waals surface area contributed by atoms with Gasteiger partial charge in [0.15, 0.2) is 0 Å². The van der Waals surface area contributed by atoms with E-state index in [4.69, 9.17) is 4.74 Å². The standard InChI is InChI=1S/C11H20F3NO/c1-9(7-15-10-3-4-10)8-16-6-2-5-11(12,13)14/h9-10,15H,2-8H2,1H3. The minimum atomic E-state index is -4.05. The van der Waals surface area contributed by atoms with E-state index in [1.54, 1.807) is 0 Å². The second kappa shape index (κ2) is 6.45. The molecule has 1 saturated carbocycles. The minimum Gasteiger partial charge on any atom is -0.381 e. The molecule has 0 bridgehead atoms. The van der Waals surface area contributed by atoms with E-state index in [0.717, 1.165) is 6.54 Å². The van der Waals surface area contributed by atoms with E-state index in [-0.39, 0.29) is 13.0 Å². The van der Waals surface area contributed by atoms with Crippen molar-refractivity contribution in [1.29, 1.82) is 0 Å². The molecule has 0 aromatic rings. The van der Waals surface area contributed by atoms with Gasteiger partial charge in [-0.1, -0.05) is 6.92 Å². The van der Waals surface area contributed by atoms with Crippen LogP contribution >= 0.6 is 0 Å². The average Bonchev–Trinajstić information content (AvgIpc) is 2.95. The van der Waals surface area contributed by atoms with Crippen LogP contribution in [0.2, 0.25) is 0 Å². The lowest BCUT2D eigenvalue weighted by molar-refractivity contribution is -0.138. The van der Waals surface area contributed by atoms with Crippen molar-refractivity contribution in [3.8, 4) is 0 Å². The Morgan fingerprint density at radius 3 is 2.62 bits per heavy atom. The fourth-order valence-corrected chi connectivity index (χ4v) is 1.37. The van der Waals surface area contributed by atoms with Crippen LogP contribution in [0.15, 0.2) is 0 Å². The van der Waals surface area contributed by atoms with Gasteiger partial charge in [0.25, 0.3) is 0 Å². The lowest BCUT2D eigenvalue weighted by Gasteiger charge is -2.13. The lowest BCUT2D eigenvalue weighted by atomic mass is 10.2. The van der Waals surface area contributed by atoms with Crippen molar-refractivity contribution in [3.05, 3.63) is 0 Å². The maximum Gasteiger partial charge on any atom is 0.389 e. The predicted molar refractivity (Wildman–Crippen MR) is 56.3 cm³/mol. The van der Waals surface area contributed by atoms with Crippen molar-refractivity contribution >= 4 is 0 Å². The van der Waals surface area contributed by atoms with Crippen LogP contribution in [0.25, 0.3) is 0 Å². The van der Waals surface area contributed by atoms with Crippen LogP contribution in [-0.2, 0) is 4.74 Å². The van der Waals surface area contributed by atoms with Gasteiger partial charge < -0.3 is 10.1 Å². The molecule has 0 saturated heterocycles. The van der Waals surface area contributed by atoms with E-state index in [2.05, 4.69) is 5.32 Å². The summed E-state index contributed by atoms with van der Waals surface area (Å²) in [6, 6.07) is 0.674. The molecule has 0 heterocycles. The fourth-order valence-electron chi connectivity index (χ4n) is 1.37. The monoisotopic (exact) mass is 239 g/mol. The molecule has 1 fully saturated rings. The topological polar surface area (TPSA) is 21.3 Å². The first-order valence-corrected chi connectivity index (χ1v) is 5.85. The maximum atomic E-state index is 11.8. The minimum absolute atomic E-state index is 0.0618. The van der Waals surface area contributed by atoms with E-state index < -0.39 is 12.6 Å². The summed E-state index contributed by atoms with van der Waals surface area (Å²) in [5.74, 6) is 0.367. The summed E-state index contributed by atoms with van der Waals surface area (Å²) in [6.45, 7) is 3.67. The van der Waals surface area contributed by atoms with Gasteiger partial charge in [-0.3, -0.25) is 0 Å². The molecule has 1 aliphatic rings. The highest BCUT2D eigenvalue weighted by atomic mass is 19.4. The Hall–Kier alpha value is -0.290. The zero-order valence-corrected chi connectivity index (χ0v) is 9.65. The van der Waals surface area contributed by atoms with Gasteiger partial charge in [-0.2, -0.15) is 13.2 Å². The SMILES string of the molecule is CC(CNC1CC1)COCCCC(F)(F)F. The van der Waals surface area contributed by atoms with E-state index in [0.29, 0.717) is 18.6 Å². The summed E-state index contributed by atoms with van der Waals surface area (Å²) < 4.78 is 40.6. The first-order chi connectivity index (χ1) is 7.47. The largest absolute Gasteiger partial charge is 0.389 e. The number of hydrogen-bond donors (Lipinski definition) is 1. The van der Waals surface area contributed by atoms with Crippen molar-refractivity contribution in [2.45, 2.75) is 44.8 Å². The summed E-state index contributed by atoms with van der Waals surface area (Å²) in [5.41, 5.74) is 0. The second-order valence-corrected chi connectivity index (χ2v) is 4.58. The summed E-state index contributed by atoms with van der Waals surface area (Å²) in [4.78, 5) is 0.